The number of nitrogens with one attached hydrogen (secondary N) is 1. The van der Waals surface area contributed by atoms with Crippen LogP contribution in [0.2, 0.25) is 0 Å². The van der Waals surface area contributed by atoms with Crippen LogP contribution in [0.3, 0.4) is 0 Å². The average Bonchev–Trinajstić information content (AvgIpc) is 2.16. The van der Waals surface area contributed by atoms with Crippen molar-refractivity contribution in [3.05, 3.63) is 0 Å². The van der Waals surface area contributed by atoms with Gasteiger partial charge in [-0.05, 0) is 12.8 Å². The van der Waals surface area contributed by atoms with E-state index in [0.717, 1.165) is 13.1 Å². The molecule has 13 heavy (non-hydrogen) atoms. The maximum absolute atomic E-state index is 5.63. The van der Waals surface area contributed by atoms with E-state index in [0.29, 0.717) is 11.8 Å². The van der Waals surface area contributed by atoms with Crippen molar-refractivity contribution in [3.8, 4) is 0 Å². The first-order valence-corrected chi connectivity index (χ1v) is 5.14. The molecule has 1 N–H and O–H groups in total. The van der Waals surface area contributed by atoms with Gasteiger partial charge in [0.05, 0.1) is 0 Å². The van der Waals surface area contributed by atoms with Crippen LogP contribution in [0, 0.1) is 11.8 Å². The fourth-order valence-corrected chi connectivity index (χ4v) is 3.02. The fraction of sp³-hybridized carbons (Fsp3) is 1.00. The topological polar surface area (TPSA) is 30.5 Å². The molecule has 76 valence electrons. The van der Waals surface area contributed by atoms with Crippen molar-refractivity contribution in [2.24, 2.45) is 11.8 Å². The van der Waals surface area contributed by atoms with Crippen LogP contribution in [-0.2, 0) is 9.47 Å². The molecule has 1 heterocycles. The van der Waals surface area contributed by atoms with Gasteiger partial charge in [0, 0.05) is 39.1 Å². The lowest BCUT2D eigenvalue weighted by Crippen LogP contribution is -2.61. The highest BCUT2D eigenvalue weighted by atomic mass is 16.7. The summed E-state index contributed by atoms with van der Waals surface area (Å²) in [6.07, 6.45) is 3.78. The Bertz CT molecular complexity index is 156. The third-order valence-electron chi connectivity index (χ3n) is 3.66. The van der Waals surface area contributed by atoms with Gasteiger partial charge in [0.25, 0.3) is 0 Å². The second-order valence-electron chi connectivity index (χ2n) is 4.11. The third kappa shape index (κ3) is 1.30. The van der Waals surface area contributed by atoms with Crippen LogP contribution in [0.5, 0.6) is 0 Å². The number of hydrogen-bond acceptors (Lipinski definition) is 3. The number of methoxy groups -OCH3 is 2. The molecule has 0 unspecified atom stereocenters. The molecule has 0 radical (unpaired) electrons. The van der Waals surface area contributed by atoms with Crippen LogP contribution in [0.15, 0.2) is 0 Å². The Balaban J connectivity index is 2.22. The van der Waals surface area contributed by atoms with E-state index in [-0.39, 0.29) is 5.79 Å². The molecule has 0 aromatic heterocycles. The Morgan fingerprint density at radius 2 is 1.62 bits per heavy atom. The zero-order valence-corrected chi connectivity index (χ0v) is 8.51. The molecule has 0 aromatic rings. The first-order chi connectivity index (χ1) is 6.33. The summed E-state index contributed by atoms with van der Waals surface area (Å²) in [5.41, 5.74) is 0. The molecule has 2 atom stereocenters. The summed E-state index contributed by atoms with van der Waals surface area (Å²) in [6.45, 7) is 2.08. The SMILES string of the molecule is COC1(OC)[C@@H]2CCC[C@H]1CNC2. The van der Waals surface area contributed by atoms with Crippen LogP contribution >= 0.6 is 0 Å². The van der Waals surface area contributed by atoms with Gasteiger partial charge in [-0.15, -0.1) is 0 Å². The van der Waals surface area contributed by atoms with Crippen molar-refractivity contribution in [2.45, 2.75) is 25.0 Å². The molecule has 2 bridgehead atoms. The van der Waals surface area contributed by atoms with Gasteiger partial charge in [-0.3, -0.25) is 0 Å². The summed E-state index contributed by atoms with van der Waals surface area (Å²) in [6, 6.07) is 0. The molecule has 2 fully saturated rings. The molecule has 1 aliphatic heterocycles. The predicted molar refractivity (Wildman–Crippen MR) is 50.4 cm³/mol. The monoisotopic (exact) mass is 185 g/mol. The smallest absolute Gasteiger partial charge is 0.175 e. The average molecular weight is 185 g/mol. The normalized spacial score (nSPS) is 37.4. The fourth-order valence-electron chi connectivity index (χ4n) is 3.02. The first-order valence-electron chi connectivity index (χ1n) is 5.14. The zero-order valence-electron chi connectivity index (χ0n) is 8.51. The van der Waals surface area contributed by atoms with E-state index in [2.05, 4.69) is 5.32 Å². The Labute approximate surface area is 79.8 Å². The van der Waals surface area contributed by atoms with E-state index < -0.39 is 0 Å². The number of piperidine rings is 1. The number of fused-ring (bicyclic) bond motifs is 2. The van der Waals surface area contributed by atoms with Gasteiger partial charge in [0.15, 0.2) is 5.79 Å². The minimum absolute atomic E-state index is 0.288. The van der Waals surface area contributed by atoms with Crippen molar-refractivity contribution in [2.75, 3.05) is 27.3 Å². The molecule has 1 aliphatic carbocycles. The Hall–Kier alpha value is -0.120. The van der Waals surface area contributed by atoms with E-state index in [1.165, 1.54) is 19.3 Å². The number of hydrogen-bond donors (Lipinski definition) is 1. The van der Waals surface area contributed by atoms with Crippen LogP contribution in [0.4, 0.5) is 0 Å². The van der Waals surface area contributed by atoms with E-state index >= 15 is 0 Å². The summed E-state index contributed by atoms with van der Waals surface area (Å²) >= 11 is 0. The molecule has 0 amide bonds. The zero-order chi connectivity index (χ0) is 9.31. The van der Waals surface area contributed by atoms with Crippen molar-refractivity contribution in [1.82, 2.24) is 5.32 Å². The number of ether oxygens (including phenoxy) is 2. The third-order valence-corrected chi connectivity index (χ3v) is 3.66. The molecule has 3 heteroatoms. The molecular formula is C10H19NO2. The molecule has 0 spiro atoms. The lowest BCUT2D eigenvalue weighted by molar-refractivity contribution is -0.290. The first kappa shape index (κ1) is 9.44. The Kier molecular flexibility index (Phi) is 2.58. The van der Waals surface area contributed by atoms with Crippen LogP contribution in [-0.4, -0.2) is 33.1 Å². The van der Waals surface area contributed by atoms with Gasteiger partial charge < -0.3 is 14.8 Å². The van der Waals surface area contributed by atoms with Gasteiger partial charge in [-0.2, -0.15) is 0 Å². The molecule has 0 aromatic carbocycles. The Morgan fingerprint density at radius 1 is 1.08 bits per heavy atom. The second-order valence-corrected chi connectivity index (χ2v) is 4.11. The number of rotatable bonds is 2. The van der Waals surface area contributed by atoms with Crippen LogP contribution in [0.1, 0.15) is 19.3 Å². The van der Waals surface area contributed by atoms with Gasteiger partial charge in [-0.25, -0.2) is 0 Å². The van der Waals surface area contributed by atoms with Crippen molar-refractivity contribution in [3.63, 3.8) is 0 Å². The lowest BCUT2D eigenvalue weighted by Gasteiger charge is -2.50. The highest BCUT2D eigenvalue weighted by Gasteiger charge is 2.50. The molecule has 2 aliphatic rings. The van der Waals surface area contributed by atoms with Gasteiger partial charge >= 0.3 is 0 Å². The minimum atomic E-state index is -0.288. The van der Waals surface area contributed by atoms with Gasteiger partial charge in [0.2, 0.25) is 0 Å². The Morgan fingerprint density at radius 3 is 2.00 bits per heavy atom. The lowest BCUT2D eigenvalue weighted by atomic mass is 9.73. The standard InChI is InChI=1S/C10H19NO2/c1-12-10(13-2)8-4-3-5-9(10)7-11-6-8/h8-9,11H,3-7H2,1-2H3/t8-,9+. The summed E-state index contributed by atoms with van der Waals surface area (Å²) in [5.74, 6) is 0.786. The molecule has 3 nitrogen and oxygen atoms in total. The highest BCUT2D eigenvalue weighted by molar-refractivity contribution is 4.96. The van der Waals surface area contributed by atoms with Crippen LogP contribution < -0.4 is 5.32 Å². The second kappa shape index (κ2) is 3.56. The van der Waals surface area contributed by atoms with Crippen molar-refractivity contribution in [1.29, 1.82) is 0 Å². The van der Waals surface area contributed by atoms with Crippen LogP contribution in [0.25, 0.3) is 0 Å². The quantitative estimate of drug-likeness (QED) is 0.651. The maximum atomic E-state index is 5.63. The summed E-state index contributed by atoms with van der Waals surface area (Å²) < 4.78 is 11.3. The molecule has 2 rings (SSSR count). The summed E-state index contributed by atoms with van der Waals surface area (Å²) in [4.78, 5) is 0. The van der Waals surface area contributed by atoms with E-state index in [1.807, 2.05) is 0 Å². The van der Waals surface area contributed by atoms with Crippen molar-refractivity contribution < 1.29 is 9.47 Å². The van der Waals surface area contributed by atoms with E-state index in [1.54, 1.807) is 14.2 Å². The highest BCUT2D eigenvalue weighted by Crippen LogP contribution is 2.43. The van der Waals surface area contributed by atoms with E-state index in [4.69, 9.17) is 9.47 Å². The largest absolute Gasteiger partial charge is 0.353 e. The molecule has 1 saturated heterocycles. The minimum Gasteiger partial charge on any atom is -0.353 e. The molecule has 1 saturated carbocycles. The van der Waals surface area contributed by atoms with Gasteiger partial charge in [-0.1, -0.05) is 6.42 Å². The van der Waals surface area contributed by atoms with Crippen molar-refractivity contribution >= 4 is 0 Å². The van der Waals surface area contributed by atoms with Gasteiger partial charge in [0.1, 0.15) is 0 Å². The van der Waals surface area contributed by atoms with E-state index in [9.17, 15) is 0 Å². The summed E-state index contributed by atoms with van der Waals surface area (Å²) in [7, 11) is 3.56. The predicted octanol–water partition coefficient (Wildman–Crippen LogP) is 0.995. The molecular weight excluding hydrogens is 166 g/mol. The maximum Gasteiger partial charge on any atom is 0.175 e. The summed E-state index contributed by atoms with van der Waals surface area (Å²) in [5, 5.41) is 3.45.